The minimum absolute atomic E-state index is 0.713. The molecule has 1 heterocycles. The van der Waals surface area contributed by atoms with Crippen LogP contribution in [0.1, 0.15) is 35.6 Å². The van der Waals surface area contributed by atoms with Crippen molar-refractivity contribution in [2.24, 2.45) is 0 Å². The summed E-state index contributed by atoms with van der Waals surface area (Å²) in [7, 11) is 0. The molecule has 0 saturated carbocycles. The molecule has 106 valence electrons. The third-order valence-electron chi connectivity index (χ3n) is 3.60. The maximum Gasteiger partial charge on any atom is 0.223 e. The van der Waals surface area contributed by atoms with Gasteiger partial charge in [0.25, 0.3) is 0 Å². The summed E-state index contributed by atoms with van der Waals surface area (Å²) in [6.45, 7) is 11.5. The van der Waals surface area contributed by atoms with E-state index in [1.807, 2.05) is 6.20 Å². The number of aromatic nitrogens is 2. The fourth-order valence-electron chi connectivity index (χ4n) is 2.25. The van der Waals surface area contributed by atoms with Crippen LogP contribution in [0.2, 0.25) is 0 Å². The fraction of sp³-hybridized carbons (Fsp3) is 0.412. The van der Waals surface area contributed by atoms with E-state index >= 15 is 0 Å². The van der Waals surface area contributed by atoms with Gasteiger partial charge in [0.05, 0.1) is 5.69 Å². The summed E-state index contributed by atoms with van der Waals surface area (Å²) in [6.07, 6.45) is 2.96. The second-order valence-electron chi connectivity index (χ2n) is 5.40. The van der Waals surface area contributed by atoms with Crippen molar-refractivity contribution < 1.29 is 0 Å². The van der Waals surface area contributed by atoms with Gasteiger partial charge >= 0.3 is 0 Å². The van der Waals surface area contributed by atoms with Crippen LogP contribution in [-0.4, -0.2) is 16.5 Å². The molecule has 0 aliphatic heterocycles. The largest absolute Gasteiger partial charge is 0.354 e. The monoisotopic (exact) mass is 269 g/mol. The summed E-state index contributed by atoms with van der Waals surface area (Å²) < 4.78 is 0. The van der Waals surface area contributed by atoms with Crippen LogP contribution in [0, 0.1) is 27.7 Å². The Morgan fingerprint density at radius 3 is 2.35 bits per heavy atom. The first-order valence-corrected chi connectivity index (χ1v) is 7.18. The first-order valence-electron chi connectivity index (χ1n) is 7.18. The van der Waals surface area contributed by atoms with E-state index in [9.17, 15) is 0 Å². The zero-order valence-electron chi connectivity index (χ0n) is 13.0. The van der Waals surface area contributed by atoms with Gasteiger partial charge in [-0.05, 0) is 62.4 Å². The van der Waals surface area contributed by atoms with Crippen molar-refractivity contribution in [1.29, 1.82) is 0 Å². The van der Waals surface area contributed by atoms with Gasteiger partial charge in [-0.15, -0.1) is 0 Å². The Morgan fingerprint density at radius 1 is 0.950 bits per heavy atom. The Balaban J connectivity index is 2.48. The lowest BCUT2D eigenvalue weighted by Crippen LogP contribution is -2.06. The number of anilines is 1. The van der Waals surface area contributed by atoms with Gasteiger partial charge in [0.1, 0.15) is 0 Å². The quantitative estimate of drug-likeness (QED) is 0.904. The Morgan fingerprint density at radius 2 is 1.65 bits per heavy atom. The van der Waals surface area contributed by atoms with Crippen molar-refractivity contribution in [3.8, 4) is 11.3 Å². The molecule has 0 unspecified atom stereocenters. The van der Waals surface area contributed by atoms with Gasteiger partial charge in [-0.1, -0.05) is 13.0 Å². The van der Waals surface area contributed by atoms with E-state index in [0.717, 1.165) is 24.2 Å². The minimum atomic E-state index is 0.713. The van der Waals surface area contributed by atoms with Crippen molar-refractivity contribution >= 4 is 5.95 Å². The maximum absolute atomic E-state index is 4.69. The van der Waals surface area contributed by atoms with Crippen molar-refractivity contribution in [3.05, 3.63) is 40.6 Å². The van der Waals surface area contributed by atoms with Crippen LogP contribution in [0.3, 0.4) is 0 Å². The zero-order valence-corrected chi connectivity index (χ0v) is 13.0. The highest BCUT2D eigenvalue weighted by atomic mass is 15.1. The Labute approximate surface area is 121 Å². The average molecular weight is 269 g/mol. The van der Waals surface area contributed by atoms with Crippen LogP contribution in [0.5, 0.6) is 0 Å². The van der Waals surface area contributed by atoms with Gasteiger partial charge in [0.15, 0.2) is 0 Å². The zero-order chi connectivity index (χ0) is 14.7. The van der Waals surface area contributed by atoms with E-state index in [2.05, 4.69) is 62.0 Å². The van der Waals surface area contributed by atoms with Crippen LogP contribution in [-0.2, 0) is 0 Å². The smallest absolute Gasteiger partial charge is 0.223 e. The standard InChI is InChI=1S/C17H23N3/c1-6-7-18-17-19-10-14(5)16(20-17)15-9-12(3)11(2)8-13(15)4/h8-10H,6-7H2,1-5H3,(H,18,19,20). The second kappa shape index (κ2) is 6.04. The highest BCUT2D eigenvalue weighted by molar-refractivity contribution is 5.68. The van der Waals surface area contributed by atoms with Gasteiger partial charge in [0.2, 0.25) is 5.95 Å². The van der Waals surface area contributed by atoms with E-state index in [-0.39, 0.29) is 0 Å². The molecule has 2 aromatic rings. The van der Waals surface area contributed by atoms with Gasteiger partial charge in [-0.3, -0.25) is 0 Å². The van der Waals surface area contributed by atoms with Crippen LogP contribution in [0.15, 0.2) is 18.3 Å². The fourth-order valence-corrected chi connectivity index (χ4v) is 2.25. The number of hydrogen-bond donors (Lipinski definition) is 1. The number of nitrogens with one attached hydrogen (secondary N) is 1. The molecule has 0 amide bonds. The molecule has 20 heavy (non-hydrogen) atoms. The van der Waals surface area contributed by atoms with Crippen LogP contribution >= 0.6 is 0 Å². The summed E-state index contributed by atoms with van der Waals surface area (Å²) >= 11 is 0. The van der Waals surface area contributed by atoms with E-state index in [1.54, 1.807) is 0 Å². The van der Waals surface area contributed by atoms with Crippen molar-refractivity contribution in [2.45, 2.75) is 41.0 Å². The number of benzene rings is 1. The molecule has 2 rings (SSSR count). The molecule has 1 N–H and O–H groups in total. The average Bonchev–Trinajstić information content (AvgIpc) is 2.42. The van der Waals surface area contributed by atoms with Gasteiger partial charge in [0, 0.05) is 18.3 Å². The molecule has 0 bridgehead atoms. The van der Waals surface area contributed by atoms with Crippen LogP contribution in [0.25, 0.3) is 11.3 Å². The predicted octanol–water partition coefficient (Wildman–Crippen LogP) is 4.20. The Hall–Kier alpha value is -1.90. The number of rotatable bonds is 4. The van der Waals surface area contributed by atoms with Crippen molar-refractivity contribution in [1.82, 2.24) is 9.97 Å². The molecule has 0 spiro atoms. The van der Waals surface area contributed by atoms with Gasteiger partial charge < -0.3 is 5.32 Å². The molecule has 3 nitrogen and oxygen atoms in total. The highest BCUT2D eigenvalue weighted by Gasteiger charge is 2.10. The topological polar surface area (TPSA) is 37.8 Å². The lowest BCUT2D eigenvalue weighted by molar-refractivity contribution is 0.950. The number of hydrogen-bond acceptors (Lipinski definition) is 3. The lowest BCUT2D eigenvalue weighted by atomic mass is 9.97. The first-order chi connectivity index (χ1) is 9.52. The molecular formula is C17H23N3. The summed E-state index contributed by atoms with van der Waals surface area (Å²) in [6, 6.07) is 4.45. The molecule has 0 fully saturated rings. The van der Waals surface area contributed by atoms with E-state index in [1.165, 1.54) is 22.3 Å². The number of aryl methyl sites for hydroxylation is 4. The van der Waals surface area contributed by atoms with Crippen LogP contribution in [0.4, 0.5) is 5.95 Å². The van der Waals surface area contributed by atoms with Crippen molar-refractivity contribution in [2.75, 3.05) is 11.9 Å². The van der Waals surface area contributed by atoms with Gasteiger partial charge in [-0.2, -0.15) is 0 Å². The van der Waals surface area contributed by atoms with E-state index in [0.29, 0.717) is 5.95 Å². The molecule has 0 saturated heterocycles. The first kappa shape index (κ1) is 14.5. The Kier molecular flexibility index (Phi) is 4.38. The molecule has 1 aromatic heterocycles. The molecule has 3 heteroatoms. The third-order valence-corrected chi connectivity index (χ3v) is 3.60. The predicted molar refractivity (Wildman–Crippen MR) is 85.2 cm³/mol. The summed E-state index contributed by atoms with van der Waals surface area (Å²) in [5.74, 6) is 0.713. The normalized spacial score (nSPS) is 10.7. The molecule has 1 aromatic carbocycles. The molecule has 0 radical (unpaired) electrons. The van der Waals surface area contributed by atoms with Crippen LogP contribution < -0.4 is 5.32 Å². The molecule has 0 aliphatic rings. The summed E-state index contributed by atoms with van der Waals surface area (Å²) in [4.78, 5) is 9.04. The minimum Gasteiger partial charge on any atom is -0.354 e. The third kappa shape index (κ3) is 2.98. The summed E-state index contributed by atoms with van der Waals surface area (Å²) in [5, 5.41) is 3.25. The molecule has 0 atom stereocenters. The SMILES string of the molecule is CCCNc1ncc(C)c(-c2cc(C)c(C)cc2C)n1. The summed E-state index contributed by atoms with van der Waals surface area (Å²) in [5.41, 5.74) is 7.22. The molecule has 0 aliphatic carbocycles. The van der Waals surface area contributed by atoms with Gasteiger partial charge in [-0.25, -0.2) is 9.97 Å². The number of nitrogens with zero attached hydrogens (tertiary/aromatic N) is 2. The maximum atomic E-state index is 4.69. The van der Waals surface area contributed by atoms with E-state index in [4.69, 9.17) is 0 Å². The van der Waals surface area contributed by atoms with E-state index < -0.39 is 0 Å². The molecular weight excluding hydrogens is 246 g/mol. The highest BCUT2D eigenvalue weighted by Crippen LogP contribution is 2.27. The Bertz CT molecular complexity index is 618. The van der Waals surface area contributed by atoms with Crippen molar-refractivity contribution in [3.63, 3.8) is 0 Å². The lowest BCUT2D eigenvalue weighted by Gasteiger charge is -2.13. The second-order valence-corrected chi connectivity index (χ2v) is 5.40.